The second kappa shape index (κ2) is 5.47. The van der Waals surface area contributed by atoms with Crippen molar-refractivity contribution < 1.29 is 8.42 Å². The Hall–Kier alpha value is -1.31. The molecule has 0 amide bonds. The number of hydrogen-bond acceptors (Lipinski definition) is 4. The summed E-state index contributed by atoms with van der Waals surface area (Å²) in [5.74, 6) is 0. The van der Waals surface area contributed by atoms with E-state index in [0.717, 1.165) is 12.8 Å². The topological polar surface area (TPSA) is 64.0 Å². The van der Waals surface area contributed by atoms with Crippen LogP contribution in [0.25, 0.3) is 0 Å². The first-order chi connectivity index (χ1) is 9.99. The maximum atomic E-state index is 12.2. The van der Waals surface area contributed by atoms with Crippen LogP contribution in [0.15, 0.2) is 52.5 Å². The summed E-state index contributed by atoms with van der Waals surface area (Å²) in [5.41, 5.74) is 0. The molecule has 1 saturated carbocycles. The van der Waals surface area contributed by atoms with Crippen LogP contribution in [0.2, 0.25) is 0 Å². The van der Waals surface area contributed by atoms with E-state index >= 15 is 0 Å². The molecular formula is C14H17N3O2S2. The van der Waals surface area contributed by atoms with E-state index in [9.17, 15) is 8.42 Å². The third kappa shape index (κ3) is 3.48. The second-order valence-electron chi connectivity index (χ2n) is 5.27. The van der Waals surface area contributed by atoms with Gasteiger partial charge in [0, 0.05) is 29.4 Å². The van der Waals surface area contributed by atoms with Crippen LogP contribution in [0.3, 0.4) is 0 Å². The Balaban J connectivity index is 1.65. The van der Waals surface area contributed by atoms with Crippen LogP contribution < -0.4 is 4.72 Å². The fourth-order valence-corrected chi connectivity index (χ4v) is 4.49. The molecule has 1 aromatic heterocycles. The van der Waals surface area contributed by atoms with Gasteiger partial charge in [0.15, 0.2) is 0 Å². The number of benzene rings is 1. The van der Waals surface area contributed by atoms with E-state index in [1.807, 2.05) is 18.2 Å². The molecule has 1 fully saturated rings. The number of thioether (sulfide) groups is 1. The van der Waals surface area contributed by atoms with Crippen LogP contribution in [0.5, 0.6) is 0 Å². The minimum atomic E-state index is -3.47. The number of rotatable bonds is 6. The monoisotopic (exact) mass is 323 g/mol. The molecule has 0 atom stereocenters. The third-order valence-corrected chi connectivity index (χ3v) is 6.31. The van der Waals surface area contributed by atoms with E-state index in [4.69, 9.17) is 0 Å². The molecule has 1 aromatic carbocycles. The molecule has 1 aliphatic carbocycles. The molecule has 0 spiro atoms. The van der Waals surface area contributed by atoms with Crippen LogP contribution in [-0.2, 0) is 17.1 Å². The molecule has 1 aliphatic rings. The normalized spacial score (nSPS) is 16.8. The lowest BCUT2D eigenvalue weighted by atomic mass is 10.4. The fraction of sp³-hybridized carbons (Fsp3) is 0.357. The Morgan fingerprint density at radius 2 is 2.05 bits per heavy atom. The molecule has 3 rings (SSSR count). The van der Waals surface area contributed by atoms with Crippen molar-refractivity contribution in [1.29, 1.82) is 0 Å². The molecule has 7 heteroatoms. The average Bonchev–Trinajstić information content (AvgIpc) is 3.08. The van der Waals surface area contributed by atoms with E-state index in [1.54, 1.807) is 18.8 Å². The Bertz CT molecular complexity index is 722. The van der Waals surface area contributed by atoms with Gasteiger partial charge in [-0.15, -0.1) is 11.8 Å². The van der Waals surface area contributed by atoms with Gasteiger partial charge in [0.2, 0.25) is 10.0 Å². The molecule has 0 bridgehead atoms. The highest BCUT2D eigenvalue weighted by Gasteiger charge is 2.44. The van der Waals surface area contributed by atoms with Crippen molar-refractivity contribution in [3.05, 3.63) is 42.7 Å². The highest BCUT2D eigenvalue weighted by molar-refractivity contribution is 8.01. The summed E-state index contributed by atoms with van der Waals surface area (Å²) in [6.07, 6.45) is 4.93. The summed E-state index contributed by atoms with van der Waals surface area (Å²) in [6, 6.07) is 10.1. The summed E-state index contributed by atoms with van der Waals surface area (Å²) < 4.78 is 28.6. The molecule has 0 aliphatic heterocycles. The van der Waals surface area contributed by atoms with Gasteiger partial charge in [0.1, 0.15) is 4.90 Å². The second-order valence-corrected chi connectivity index (χ2v) is 8.58. The van der Waals surface area contributed by atoms with Gasteiger partial charge in [-0.25, -0.2) is 13.1 Å². The van der Waals surface area contributed by atoms with Crippen molar-refractivity contribution >= 4 is 21.8 Å². The molecule has 0 saturated heterocycles. The SMILES string of the molecule is Cn1cc(S(=O)(=O)NCC2(Sc3ccccc3)CC2)cn1. The van der Waals surface area contributed by atoms with Gasteiger partial charge >= 0.3 is 0 Å². The molecular weight excluding hydrogens is 306 g/mol. The van der Waals surface area contributed by atoms with E-state index in [2.05, 4.69) is 22.0 Å². The predicted octanol–water partition coefficient (Wildman–Crippen LogP) is 2.02. The van der Waals surface area contributed by atoms with Gasteiger partial charge < -0.3 is 0 Å². The summed E-state index contributed by atoms with van der Waals surface area (Å²) >= 11 is 1.75. The molecule has 1 N–H and O–H groups in total. The van der Waals surface area contributed by atoms with E-state index in [-0.39, 0.29) is 9.64 Å². The molecule has 0 unspecified atom stereocenters. The summed E-state index contributed by atoms with van der Waals surface area (Å²) in [7, 11) is -1.77. The Kier molecular flexibility index (Phi) is 3.81. The average molecular weight is 323 g/mol. The molecule has 0 radical (unpaired) electrons. The van der Waals surface area contributed by atoms with Gasteiger partial charge in [-0.2, -0.15) is 5.10 Å². The third-order valence-electron chi connectivity index (χ3n) is 3.46. The van der Waals surface area contributed by atoms with Crippen LogP contribution in [0.1, 0.15) is 12.8 Å². The largest absolute Gasteiger partial charge is 0.274 e. The molecule has 5 nitrogen and oxygen atoms in total. The first-order valence-corrected chi connectivity index (χ1v) is 9.02. The molecule has 112 valence electrons. The van der Waals surface area contributed by atoms with E-state index in [1.165, 1.54) is 22.0 Å². The predicted molar refractivity (Wildman–Crippen MR) is 82.7 cm³/mol. The lowest BCUT2D eigenvalue weighted by Crippen LogP contribution is -2.31. The first-order valence-electron chi connectivity index (χ1n) is 6.72. The maximum absolute atomic E-state index is 12.2. The Morgan fingerprint density at radius 3 is 2.62 bits per heavy atom. The van der Waals surface area contributed by atoms with Crippen molar-refractivity contribution in [2.45, 2.75) is 27.4 Å². The molecule has 2 aromatic rings. The summed E-state index contributed by atoms with van der Waals surface area (Å²) in [4.78, 5) is 1.39. The van der Waals surface area contributed by atoms with Crippen LogP contribution in [-0.4, -0.2) is 29.5 Å². The van der Waals surface area contributed by atoms with Crippen molar-refractivity contribution in [3.63, 3.8) is 0 Å². The highest BCUT2D eigenvalue weighted by atomic mass is 32.2. The van der Waals surface area contributed by atoms with Crippen LogP contribution in [0.4, 0.5) is 0 Å². The van der Waals surface area contributed by atoms with E-state index < -0.39 is 10.0 Å². The minimum Gasteiger partial charge on any atom is -0.274 e. The highest BCUT2D eigenvalue weighted by Crippen LogP contribution is 2.51. The maximum Gasteiger partial charge on any atom is 0.243 e. The summed E-state index contributed by atoms with van der Waals surface area (Å²) in [5, 5.41) is 3.90. The number of aromatic nitrogens is 2. The fourth-order valence-electron chi connectivity index (χ4n) is 2.04. The lowest BCUT2D eigenvalue weighted by Gasteiger charge is -2.15. The smallest absolute Gasteiger partial charge is 0.243 e. The van der Waals surface area contributed by atoms with Gasteiger partial charge in [0.25, 0.3) is 0 Å². The van der Waals surface area contributed by atoms with E-state index in [0.29, 0.717) is 6.54 Å². The number of nitrogens with one attached hydrogen (secondary N) is 1. The zero-order valence-corrected chi connectivity index (χ0v) is 13.3. The van der Waals surface area contributed by atoms with Gasteiger partial charge in [-0.05, 0) is 25.0 Å². The van der Waals surface area contributed by atoms with Crippen molar-refractivity contribution in [3.8, 4) is 0 Å². The number of nitrogens with zero attached hydrogens (tertiary/aromatic N) is 2. The lowest BCUT2D eigenvalue weighted by molar-refractivity contribution is 0.579. The Morgan fingerprint density at radius 1 is 1.33 bits per heavy atom. The standard InChI is InChI=1S/C14H17N3O2S2/c1-17-10-13(9-15-17)21(18,19)16-11-14(7-8-14)20-12-5-3-2-4-6-12/h2-6,9-10,16H,7-8,11H2,1H3. The van der Waals surface area contributed by atoms with Crippen molar-refractivity contribution in [1.82, 2.24) is 14.5 Å². The molecule has 21 heavy (non-hydrogen) atoms. The Labute approximate surface area is 128 Å². The van der Waals surface area contributed by atoms with Crippen molar-refractivity contribution in [2.24, 2.45) is 7.05 Å². The number of aryl methyl sites for hydroxylation is 1. The summed E-state index contributed by atoms with van der Waals surface area (Å²) in [6.45, 7) is 0.448. The number of sulfonamides is 1. The minimum absolute atomic E-state index is 0.00334. The van der Waals surface area contributed by atoms with Crippen LogP contribution in [0, 0.1) is 0 Å². The first kappa shape index (κ1) is 14.6. The number of hydrogen-bond donors (Lipinski definition) is 1. The van der Waals surface area contributed by atoms with Gasteiger partial charge in [0.05, 0.1) is 6.20 Å². The zero-order chi connectivity index (χ0) is 14.9. The van der Waals surface area contributed by atoms with Gasteiger partial charge in [-0.1, -0.05) is 18.2 Å². The van der Waals surface area contributed by atoms with Gasteiger partial charge in [-0.3, -0.25) is 4.68 Å². The molecule has 1 heterocycles. The van der Waals surface area contributed by atoms with Crippen molar-refractivity contribution in [2.75, 3.05) is 6.54 Å². The van der Waals surface area contributed by atoms with Crippen LogP contribution >= 0.6 is 11.8 Å². The quantitative estimate of drug-likeness (QED) is 0.883. The zero-order valence-electron chi connectivity index (χ0n) is 11.7.